The normalized spacial score (nSPS) is 17.8. The molecular formula is C27H32FN3O5S. The molecule has 10 heteroatoms. The van der Waals surface area contributed by atoms with Gasteiger partial charge in [0.15, 0.2) is 0 Å². The molecule has 8 nitrogen and oxygen atoms in total. The van der Waals surface area contributed by atoms with Crippen LogP contribution in [0.2, 0.25) is 0 Å². The molecule has 0 bridgehead atoms. The molecule has 1 N–H and O–H groups in total. The minimum Gasteiger partial charge on any atom is -0.352 e. The van der Waals surface area contributed by atoms with Crippen molar-refractivity contribution < 1.29 is 27.2 Å². The van der Waals surface area contributed by atoms with Crippen molar-refractivity contribution in [3.63, 3.8) is 0 Å². The van der Waals surface area contributed by atoms with Crippen LogP contribution in [0, 0.1) is 5.82 Å². The molecule has 198 valence electrons. The predicted molar refractivity (Wildman–Crippen MR) is 135 cm³/mol. The molecule has 2 aromatic rings. The van der Waals surface area contributed by atoms with Crippen LogP contribution in [-0.2, 0) is 26.2 Å². The van der Waals surface area contributed by atoms with Gasteiger partial charge in [0.25, 0.3) is 15.9 Å². The van der Waals surface area contributed by atoms with Crippen LogP contribution < -0.4 is 5.32 Å². The van der Waals surface area contributed by atoms with Gasteiger partial charge in [-0.3, -0.25) is 14.4 Å². The summed E-state index contributed by atoms with van der Waals surface area (Å²) in [5.74, 6) is -1.81. The van der Waals surface area contributed by atoms with Gasteiger partial charge < -0.3 is 10.2 Å². The Bertz CT molecular complexity index is 1260. The summed E-state index contributed by atoms with van der Waals surface area (Å²) in [6, 6.07) is 10.9. The molecule has 3 amide bonds. The van der Waals surface area contributed by atoms with Gasteiger partial charge in [0.2, 0.25) is 11.8 Å². The fourth-order valence-corrected chi connectivity index (χ4v) is 6.61. The number of carbonyl (C=O) groups is 3. The fourth-order valence-electron chi connectivity index (χ4n) is 5.04. The first-order chi connectivity index (χ1) is 17.7. The van der Waals surface area contributed by atoms with Crippen molar-refractivity contribution in [2.75, 3.05) is 6.54 Å². The maximum absolute atomic E-state index is 13.5. The summed E-state index contributed by atoms with van der Waals surface area (Å²) in [4.78, 5) is 40.9. The summed E-state index contributed by atoms with van der Waals surface area (Å²) in [7, 11) is -4.05. The topological polar surface area (TPSA) is 104 Å². The van der Waals surface area contributed by atoms with Gasteiger partial charge in [-0.2, -0.15) is 0 Å². The Morgan fingerprint density at radius 2 is 1.76 bits per heavy atom. The minimum absolute atomic E-state index is 0.0522. The van der Waals surface area contributed by atoms with Gasteiger partial charge in [0.1, 0.15) is 16.8 Å². The first-order valence-corrected chi connectivity index (χ1v) is 14.2. The molecule has 37 heavy (non-hydrogen) atoms. The Labute approximate surface area is 216 Å². The largest absolute Gasteiger partial charge is 0.352 e. The van der Waals surface area contributed by atoms with Crippen molar-refractivity contribution in [1.29, 1.82) is 0 Å². The Hall–Kier alpha value is -3.27. The zero-order chi connectivity index (χ0) is 26.6. The molecule has 4 rings (SSSR count). The van der Waals surface area contributed by atoms with Crippen LogP contribution >= 0.6 is 0 Å². The standard InChI is InChI=1S/C27H32FN3O5S/c1-2-23(26(33)29-21-8-4-3-5-9-21)30(18-19-12-14-20(28)15-13-19)25(32)16-17-31-27(34)22-10-6-7-11-24(22)37(31,35)36/h6-7,10-15,21,23H,2-5,8-9,16-18H2,1H3,(H,29,33)/t23-/m0/s1. The van der Waals surface area contributed by atoms with Crippen molar-refractivity contribution in [2.45, 2.75) is 75.4 Å². The van der Waals surface area contributed by atoms with Gasteiger partial charge in [-0.25, -0.2) is 17.1 Å². The summed E-state index contributed by atoms with van der Waals surface area (Å²) in [6.07, 6.45) is 5.07. The van der Waals surface area contributed by atoms with Crippen molar-refractivity contribution in [1.82, 2.24) is 14.5 Å². The number of nitrogens with zero attached hydrogens (tertiary/aromatic N) is 2. The third kappa shape index (κ3) is 5.84. The predicted octanol–water partition coefficient (Wildman–Crippen LogP) is 3.62. The third-order valence-electron chi connectivity index (χ3n) is 7.04. The average Bonchev–Trinajstić information content (AvgIpc) is 3.09. The lowest BCUT2D eigenvalue weighted by molar-refractivity contribution is -0.141. The molecule has 0 radical (unpaired) electrons. The lowest BCUT2D eigenvalue weighted by Gasteiger charge is -2.33. The van der Waals surface area contributed by atoms with E-state index in [0.29, 0.717) is 16.3 Å². The number of benzene rings is 2. The highest BCUT2D eigenvalue weighted by atomic mass is 32.2. The van der Waals surface area contributed by atoms with Crippen LogP contribution in [0.25, 0.3) is 0 Å². The second kappa shape index (κ2) is 11.4. The van der Waals surface area contributed by atoms with E-state index in [4.69, 9.17) is 0 Å². The second-order valence-corrected chi connectivity index (χ2v) is 11.4. The number of rotatable bonds is 9. The summed E-state index contributed by atoms with van der Waals surface area (Å²) in [6.45, 7) is 1.52. The number of hydrogen-bond acceptors (Lipinski definition) is 5. The van der Waals surface area contributed by atoms with E-state index in [-0.39, 0.29) is 41.9 Å². The summed E-state index contributed by atoms with van der Waals surface area (Å²) < 4.78 is 40.0. The van der Waals surface area contributed by atoms with E-state index in [1.54, 1.807) is 31.2 Å². The monoisotopic (exact) mass is 529 g/mol. The van der Waals surface area contributed by atoms with E-state index in [1.807, 2.05) is 0 Å². The number of fused-ring (bicyclic) bond motifs is 1. The Morgan fingerprint density at radius 1 is 1.08 bits per heavy atom. The molecule has 0 saturated heterocycles. The molecule has 0 unspecified atom stereocenters. The molecule has 1 heterocycles. The van der Waals surface area contributed by atoms with Gasteiger partial charge in [-0.15, -0.1) is 0 Å². The first kappa shape index (κ1) is 26.8. The summed E-state index contributed by atoms with van der Waals surface area (Å²) in [5, 5.41) is 3.08. The van der Waals surface area contributed by atoms with Crippen LogP contribution in [0.4, 0.5) is 4.39 Å². The SMILES string of the molecule is CC[C@@H](C(=O)NC1CCCCC1)N(Cc1ccc(F)cc1)C(=O)CCN1C(=O)c2ccccc2S1(=O)=O. The zero-order valence-corrected chi connectivity index (χ0v) is 21.7. The van der Waals surface area contributed by atoms with E-state index in [0.717, 1.165) is 32.1 Å². The maximum Gasteiger partial charge on any atom is 0.269 e. The molecule has 1 aliphatic carbocycles. The van der Waals surface area contributed by atoms with Gasteiger partial charge in [0, 0.05) is 25.6 Å². The van der Waals surface area contributed by atoms with Gasteiger partial charge >= 0.3 is 0 Å². The Balaban J connectivity index is 1.52. The van der Waals surface area contributed by atoms with Crippen LogP contribution in [0.1, 0.15) is 67.8 Å². The van der Waals surface area contributed by atoms with Crippen LogP contribution in [0.3, 0.4) is 0 Å². The lowest BCUT2D eigenvalue weighted by atomic mass is 9.95. The molecular weight excluding hydrogens is 497 g/mol. The molecule has 1 saturated carbocycles. The van der Waals surface area contributed by atoms with Crippen LogP contribution in [-0.4, -0.2) is 54.0 Å². The van der Waals surface area contributed by atoms with Crippen molar-refractivity contribution in [3.8, 4) is 0 Å². The number of sulfonamides is 1. The van der Waals surface area contributed by atoms with Crippen molar-refractivity contribution in [2.24, 2.45) is 0 Å². The number of hydrogen-bond donors (Lipinski definition) is 1. The number of amides is 3. The summed E-state index contributed by atoms with van der Waals surface area (Å²) in [5.41, 5.74) is 0.715. The molecule has 0 aromatic heterocycles. The summed E-state index contributed by atoms with van der Waals surface area (Å²) >= 11 is 0. The first-order valence-electron chi connectivity index (χ1n) is 12.7. The van der Waals surface area contributed by atoms with Gasteiger partial charge in [-0.1, -0.05) is 50.5 Å². The van der Waals surface area contributed by atoms with E-state index < -0.39 is 33.7 Å². The van der Waals surface area contributed by atoms with Crippen LogP contribution in [0.15, 0.2) is 53.4 Å². The Morgan fingerprint density at radius 3 is 2.41 bits per heavy atom. The smallest absolute Gasteiger partial charge is 0.269 e. The quantitative estimate of drug-likeness (QED) is 0.535. The van der Waals surface area contributed by atoms with E-state index in [1.165, 1.54) is 29.2 Å². The Kier molecular flexibility index (Phi) is 8.26. The highest BCUT2D eigenvalue weighted by Gasteiger charge is 2.41. The minimum atomic E-state index is -4.05. The van der Waals surface area contributed by atoms with E-state index in [2.05, 4.69) is 5.32 Å². The molecule has 1 atom stereocenters. The molecule has 2 aromatic carbocycles. The van der Waals surface area contributed by atoms with E-state index >= 15 is 0 Å². The number of carbonyl (C=O) groups excluding carboxylic acids is 3. The van der Waals surface area contributed by atoms with Crippen molar-refractivity contribution >= 4 is 27.7 Å². The molecule has 0 spiro atoms. The highest BCUT2D eigenvalue weighted by molar-refractivity contribution is 7.90. The van der Waals surface area contributed by atoms with Gasteiger partial charge in [-0.05, 0) is 49.1 Å². The molecule has 1 aliphatic heterocycles. The zero-order valence-electron chi connectivity index (χ0n) is 20.9. The maximum atomic E-state index is 13.5. The third-order valence-corrected chi connectivity index (χ3v) is 8.88. The lowest BCUT2D eigenvalue weighted by Crippen LogP contribution is -2.52. The van der Waals surface area contributed by atoms with Crippen molar-refractivity contribution in [3.05, 3.63) is 65.5 Å². The van der Waals surface area contributed by atoms with Crippen LogP contribution in [0.5, 0.6) is 0 Å². The fraction of sp³-hybridized carbons (Fsp3) is 0.444. The van der Waals surface area contributed by atoms with Gasteiger partial charge in [0.05, 0.1) is 5.56 Å². The molecule has 2 aliphatic rings. The molecule has 1 fully saturated rings. The second-order valence-electron chi connectivity index (χ2n) is 9.54. The number of halogens is 1. The average molecular weight is 530 g/mol. The highest BCUT2D eigenvalue weighted by Crippen LogP contribution is 2.30. The number of nitrogens with one attached hydrogen (secondary N) is 1. The van der Waals surface area contributed by atoms with E-state index in [9.17, 15) is 27.2 Å².